The third-order valence-electron chi connectivity index (χ3n) is 4.43. The van der Waals surface area contributed by atoms with Gasteiger partial charge >= 0.3 is 5.97 Å². The highest BCUT2D eigenvalue weighted by Gasteiger charge is 2.05. The van der Waals surface area contributed by atoms with Gasteiger partial charge in [-0.15, -0.1) is 0 Å². The van der Waals surface area contributed by atoms with Gasteiger partial charge in [-0.05, 0) is 33.1 Å². The molecule has 0 saturated heterocycles. The molecule has 0 amide bonds. The van der Waals surface area contributed by atoms with Gasteiger partial charge in [0.25, 0.3) is 0 Å². The highest BCUT2D eigenvalue weighted by Crippen LogP contribution is 2.14. The molecule has 3 nitrogen and oxygen atoms in total. The Hall–Kier alpha value is -0.570. The van der Waals surface area contributed by atoms with E-state index in [9.17, 15) is 9.90 Å². The van der Waals surface area contributed by atoms with E-state index in [0.717, 1.165) is 32.1 Å². The third-order valence-corrected chi connectivity index (χ3v) is 4.43. The number of hydrogen-bond donors (Lipinski definition) is 1. The molecule has 1 unspecified atom stereocenters. The van der Waals surface area contributed by atoms with Crippen LogP contribution in [0.5, 0.6) is 0 Å². The zero-order chi connectivity index (χ0) is 18.0. The van der Waals surface area contributed by atoms with Crippen molar-refractivity contribution in [2.24, 2.45) is 0 Å². The second-order valence-corrected chi connectivity index (χ2v) is 7.41. The van der Waals surface area contributed by atoms with E-state index in [0.29, 0.717) is 6.42 Å². The van der Waals surface area contributed by atoms with Crippen molar-refractivity contribution in [1.29, 1.82) is 0 Å². The van der Waals surface area contributed by atoms with Crippen LogP contribution in [-0.4, -0.2) is 23.3 Å². The minimum Gasteiger partial charge on any atom is -0.463 e. The number of esters is 1. The molecule has 0 heterocycles. The molecule has 0 radical (unpaired) electrons. The quantitative estimate of drug-likeness (QED) is 0.254. The molecular formula is C21H42O3. The molecule has 0 aromatic carbocycles. The molecule has 24 heavy (non-hydrogen) atoms. The van der Waals surface area contributed by atoms with Crippen LogP contribution < -0.4 is 0 Å². The lowest BCUT2D eigenvalue weighted by molar-refractivity contribution is -0.147. The molecule has 0 aromatic heterocycles. The summed E-state index contributed by atoms with van der Waals surface area (Å²) in [7, 11) is 0. The van der Waals surface area contributed by atoms with Crippen LogP contribution in [0.4, 0.5) is 0 Å². The Morgan fingerprint density at radius 2 is 1.25 bits per heavy atom. The van der Waals surface area contributed by atoms with Crippen LogP contribution in [0.2, 0.25) is 0 Å². The van der Waals surface area contributed by atoms with E-state index in [2.05, 4.69) is 6.92 Å². The summed E-state index contributed by atoms with van der Waals surface area (Å²) in [4.78, 5) is 11.4. The first-order valence-corrected chi connectivity index (χ1v) is 10.4. The maximum atomic E-state index is 11.4. The molecule has 0 rings (SSSR count). The van der Waals surface area contributed by atoms with E-state index >= 15 is 0 Å². The van der Waals surface area contributed by atoms with Gasteiger partial charge in [0, 0.05) is 6.42 Å². The molecule has 0 aliphatic carbocycles. The Morgan fingerprint density at radius 1 is 0.792 bits per heavy atom. The maximum absolute atomic E-state index is 11.4. The summed E-state index contributed by atoms with van der Waals surface area (Å²) in [6.45, 7) is 6.01. The Kier molecular flexibility index (Phi) is 16.8. The van der Waals surface area contributed by atoms with Crippen LogP contribution in [0.15, 0.2) is 0 Å². The largest absolute Gasteiger partial charge is 0.463 e. The van der Waals surface area contributed by atoms with Gasteiger partial charge in [-0.1, -0.05) is 77.6 Å². The number of carbonyl (C=O) groups is 1. The van der Waals surface area contributed by atoms with E-state index in [1.807, 2.05) is 13.8 Å². The van der Waals surface area contributed by atoms with Gasteiger partial charge in [-0.2, -0.15) is 0 Å². The van der Waals surface area contributed by atoms with Crippen molar-refractivity contribution in [3.63, 3.8) is 0 Å². The minimum atomic E-state index is -0.0846. The van der Waals surface area contributed by atoms with Gasteiger partial charge in [-0.3, -0.25) is 4.79 Å². The lowest BCUT2D eigenvalue weighted by atomic mass is 10.0. The number of aliphatic hydroxyl groups is 1. The summed E-state index contributed by atoms with van der Waals surface area (Å²) in [5.41, 5.74) is 0. The Morgan fingerprint density at radius 3 is 1.75 bits per heavy atom. The number of carbonyl (C=O) groups excluding carboxylic acids is 1. The predicted molar refractivity (Wildman–Crippen MR) is 102 cm³/mol. The van der Waals surface area contributed by atoms with Crippen LogP contribution in [-0.2, 0) is 9.53 Å². The van der Waals surface area contributed by atoms with Crippen molar-refractivity contribution in [3.05, 3.63) is 0 Å². The topological polar surface area (TPSA) is 46.5 Å². The molecule has 1 atom stereocenters. The minimum absolute atomic E-state index is 0.00388. The van der Waals surface area contributed by atoms with Gasteiger partial charge in [0.15, 0.2) is 0 Å². The average molecular weight is 343 g/mol. The van der Waals surface area contributed by atoms with Crippen LogP contribution in [0.1, 0.15) is 117 Å². The molecule has 0 bridgehead atoms. The maximum Gasteiger partial charge on any atom is 0.306 e. The van der Waals surface area contributed by atoms with Gasteiger partial charge in [0.2, 0.25) is 0 Å². The number of ether oxygens (including phenoxy) is 1. The molecule has 0 fully saturated rings. The van der Waals surface area contributed by atoms with Crippen molar-refractivity contribution in [2.75, 3.05) is 0 Å². The van der Waals surface area contributed by atoms with E-state index in [4.69, 9.17) is 4.74 Å². The first-order valence-electron chi connectivity index (χ1n) is 10.4. The molecule has 0 aromatic rings. The monoisotopic (exact) mass is 342 g/mol. The Bertz CT molecular complexity index is 276. The van der Waals surface area contributed by atoms with E-state index < -0.39 is 0 Å². The zero-order valence-electron chi connectivity index (χ0n) is 16.5. The smallest absolute Gasteiger partial charge is 0.306 e. The zero-order valence-corrected chi connectivity index (χ0v) is 16.5. The molecule has 3 heteroatoms. The first-order chi connectivity index (χ1) is 11.6. The molecule has 0 saturated carbocycles. The fourth-order valence-corrected chi connectivity index (χ4v) is 2.98. The van der Waals surface area contributed by atoms with Gasteiger partial charge in [0.05, 0.1) is 12.2 Å². The van der Waals surface area contributed by atoms with Crippen molar-refractivity contribution in [2.45, 2.75) is 129 Å². The first kappa shape index (κ1) is 23.4. The van der Waals surface area contributed by atoms with Crippen LogP contribution >= 0.6 is 0 Å². The molecular weight excluding hydrogens is 300 g/mol. The fraction of sp³-hybridized carbons (Fsp3) is 0.952. The van der Waals surface area contributed by atoms with E-state index in [1.165, 1.54) is 57.8 Å². The SMILES string of the molecule is CCCCCCCC(O)CCCCCCCCCC(=O)OC(C)C. The standard InChI is InChI=1S/C21H42O3/c1-4-5-6-10-13-16-20(22)17-14-11-8-7-9-12-15-18-21(23)24-19(2)3/h19-20,22H,4-18H2,1-3H3. The lowest BCUT2D eigenvalue weighted by Gasteiger charge is -2.10. The predicted octanol–water partition coefficient (Wildman–Crippen LogP) is 6.17. The number of hydrogen-bond acceptors (Lipinski definition) is 3. The number of unbranched alkanes of at least 4 members (excludes halogenated alkanes) is 10. The third kappa shape index (κ3) is 17.8. The highest BCUT2D eigenvalue weighted by atomic mass is 16.5. The van der Waals surface area contributed by atoms with Gasteiger partial charge in [-0.25, -0.2) is 0 Å². The summed E-state index contributed by atoms with van der Waals surface area (Å²) >= 11 is 0. The van der Waals surface area contributed by atoms with Crippen molar-refractivity contribution in [3.8, 4) is 0 Å². The normalized spacial score (nSPS) is 12.5. The summed E-state index contributed by atoms with van der Waals surface area (Å²) < 4.78 is 5.12. The van der Waals surface area contributed by atoms with E-state index in [1.54, 1.807) is 0 Å². The van der Waals surface area contributed by atoms with E-state index in [-0.39, 0.29) is 18.2 Å². The molecule has 0 aliphatic heterocycles. The highest BCUT2D eigenvalue weighted by molar-refractivity contribution is 5.69. The summed E-state index contributed by atoms with van der Waals surface area (Å²) in [5.74, 6) is -0.0614. The van der Waals surface area contributed by atoms with Crippen molar-refractivity contribution < 1.29 is 14.6 Å². The Balaban J connectivity index is 3.23. The summed E-state index contributed by atoms with van der Waals surface area (Å²) in [6, 6.07) is 0. The average Bonchev–Trinajstić information content (AvgIpc) is 2.52. The van der Waals surface area contributed by atoms with Crippen molar-refractivity contribution >= 4 is 5.97 Å². The molecule has 1 N–H and O–H groups in total. The molecule has 144 valence electrons. The summed E-state index contributed by atoms with van der Waals surface area (Å²) in [6.07, 6.45) is 16.9. The van der Waals surface area contributed by atoms with Crippen LogP contribution in [0.25, 0.3) is 0 Å². The van der Waals surface area contributed by atoms with Crippen LogP contribution in [0, 0.1) is 0 Å². The second kappa shape index (κ2) is 17.3. The molecule has 0 spiro atoms. The van der Waals surface area contributed by atoms with Crippen LogP contribution in [0.3, 0.4) is 0 Å². The summed E-state index contributed by atoms with van der Waals surface area (Å²) in [5, 5.41) is 9.95. The second-order valence-electron chi connectivity index (χ2n) is 7.41. The number of aliphatic hydroxyl groups excluding tert-OH is 1. The Labute approximate surface area is 150 Å². The van der Waals surface area contributed by atoms with Gasteiger partial charge < -0.3 is 9.84 Å². The van der Waals surface area contributed by atoms with Gasteiger partial charge in [0.1, 0.15) is 0 Å². The fourth-order valence-electron chi connectivity index (χ4n) is 2.98. The van der Waals surface area contributed by atoms with Crippen molar-refractivity contribution in [1.82, 2.24) is 0 Å². The lowest BCUT2D eigenvalue weighted by Crippen LogP contribution is -2.10. The molecule has 0 aliphatic rings. The number of rotatable bonds is 17.